The third kappa shape index (κ3) is 1.82. The molecule has 0 spiro atoms. The molecule has 0 aliphatic rings. The van der Waals surface area contributed by atoms with Crippen LogP contribution < -0.4 is 5.73 Å². The van der Waals surface area contributed by atoms with Crippen LogP contribution in [0.1, 0.15) is 25.6 Å². The Kier molecular flexibility index (Phi) is 2.02. The Morgan fingerprint density at radius 3 is 2.64 bits per heavy atom. The maximum Gasteiger partial charge on any atom is 0.0798 e. The fraction of sp³-hybridized carbons (Fsp3) is 0.500. The average Bonchev–Trinajstić information content (AvgIpc) is 2.34. The molecule has 3 heteroatoms. The molecule has 1 rings (SSSR count). The van der Waals surface area contributed by atoms with Gasteiger partial charge in [-0.25, -0.2) is 0 Å². The van der Waals surface area contributed by atoms with Crippen LogP contribution in [0.15, 0.2) is 18.3 Å². The molecule has 0 bridgehead atoms. The van der Waals surface area contributed by atoms with Crippen LogP contribution in [0, 0.1) is 0 Å². The van der Waals surface area contributed by atoms with E-state index < -0.39 is 5.60 Å². The van der Waals surface area contributed by atoms with Gasteiger partial charge in [-0.3, -0.25) is 0 Å². The molecule has 1 heterocycles. The lowest BCUT2D eigenvalue weighted by Gasteiger charge is -2.24. The predicted molar refractivity (Wildman–Crippen MR) is 44.0 cm³/mol. The summed E-state index contributed by atoms with van der Waals surface area (Å²) in [6, 6.07) is 3.38. The summed E-state index contributed by atoms with van der Waals surface area (Å²) >= 11 is 0. The largest absolute Gasteiger partial charge is 0.388 e. The van der Waals surface area contributed by atoms with Gasteiger partial charge in [0.15, 0.2) is 0 Å². The highest BCUT2D eigenvalue weighted by atomic mass is 16.3. The Morgan fingerprint density at radius 2 is 2.27 bits per heavy atom. The number of H-pyrrole nitrogens is 1. The number of rotatable bonds is 2. The van der Waals surface area contributed by atoms with E-state index >= 15 is 0 Å². The van der Waals surface area contributed by atoms with Gasteiger partial charge in [0.2, 0.25) is 0 Å². The normalized spacial score (nSPS) is 14.9. The molecule has 1 atom stereocenters. The first kappa shape index (κ1) is 8.30. The minimum Gasteiger partial charge on any atom is -0.388 e. The van der Waals surface area contributed by atoms with Crippen LogP contribution in [0.3, 0.4) is 0 Å². The summed E-state index contributed by atoms with van der Waals surface area (Å²) < 4.78 is 0. The summed E-state index contributed by atoms with van der Waals surface area (Å²) in [5, 5.41) is 9.51. The summed E-state index contributed by atoms with van der Waals surface area (Å²) in [6.07, 6.45) is 1.79. The second-order valence-electron chi connectivity index (χ2n) is 3.26. The van der Waals surface area contributed by atoms with E-state index in [0.29, 0.717) is 0 Å². The summed E-state index contributed by atoms with van der Waals surface area (Å²) in [4.78, 5) is 2.96. The van der Waals surface area contributed by atoms with E-state index in [1.807, 2.05) is 12.1 Å². The van der Waals surface area contributed by atoms with Crippen molar-refractivity contribution in [2.75, 3.05) is 0 Å². The van der Waals surface area contributed by atoms with Crippen LogP contribution >= 0.6 is 0 Å². The van der Waals surface area contributed by atoms with Crippen LogP contribution in [0.25, 0.3) is 0 Å². The molecular formula is C8H14N2O. The first-order valence-corrected chi connectivity index (χ1v) is 3.63. The van der Waals surface area contributed by atoms with Gasteiger partial charge in [0.25, 0.3) is 0 Å². The van der Waals surface area contributed by atoms with E-state index in [9.17, 15) is 5.11 Å². The van der Waals surface area contributed by atoms with Gasteiger partial charge in [-0.05, 0) is 26.0 Å². The minimum absolute atomic E-state index is 0.350. The van der Waals surface area contributed by atoms with Crippen molar-refractivity contribution >= 4 is 0 Å². The molecule has 3 nitrogen and oxygen atoms in total. The lowest BCUT2D eigenvalue weighted by molar-refractivity contribution is 0.0505. The van der Waals surface area contributed by atoms with E-state index in [4.69, 9.17) is 5.73 Å². The molecule has 62 valence electrons. The average molecular weight is 154 g/mol. The van der Waals surface area contributed by atoms with Gasteiger partial charge in [-0.1, -0.05) is 0 Å². The van der Waals surface area contributed by atoms with Crippen LogP contribution in [0.2, 0.25) is 0 Å². The van der Waals surface area contributed by atoms with Gasteiger partial charge in [0, 0.05) is 11.9 Å². The van der Waals surface area contributed by atoms with Crippen molar-refractivity contribution < 1.29 is 5.11 Å². The van der Waals surface area contributed by atoms with E-state index in [-0.39, 0.29) is 6.04 Å². The van der Waals surface area contributed by atoms with E-state index in [1.165, 1.54) is 0 Å². The molecule has 0 amide bonds. The zero-order valence-corrected chi connectivity index (χ0v) is 6.83. The third-order valence-electron chi connectivity index (χ3n) is 1.72. The molecule has 1 aromatic heterocycles. The summed E-state index contributed by atoms with van der Waals surface area (Å²) in [5.41, 5.74) is 5.72. The molecule has 0 saturated heterocycles. The number of hydrogen-bond acceptors (Lipinski definition) is 2. The monoisotopic (exact) mass is 154 g/mol. The number of nitrogens with one attached hydrogen (secondary N) is 1. The first-order chi connectivity index (χ1) is 5.02. The molecular weight excluding hydrogens is 140 g/mol. The van der Waals surface area contributed by atoms with E-state index in [1.54, 1.807) is 20.0 Å². The Morgan fingerprint density at radius 1 is 1.64 bits per heavy atom. The van der Waals surface area contributed by atoms with Crippen molar-refractivity contribution in [3.63, 3.8) is 0 Å². The van der Waals surface area contributed by atoms with Gasteiger partial charge in [0.05, 0.1) is 11.6 Å². The van der Waals surface area contributed by atoms with Crippen LogP contribution in [0.4, 0.5) is 0 Å². The number of aromatic amines is 1. The maximum absolute atomic E-state index is 9.51. The SMILES string of the molecule is CC(C)(O)C(N)c1ccc[nH]1. The van der Waals surface area contributed by atoms with Crippen molar-refractivity contribution in [3.8, 4) is 0 Å². The highest BCUT2D eigenvalue weighted by molar-refractivity contribution is 5.11. The quantitative estimate of drug-likeness (QED) is 0.589. The molecule has 1 unspecified atom stereocenters. The Labute approximate surface area is 66.2 Å². The summed E-state index contributed by atoms with van der Waals surface area (Å²) in [7, 11) is 0. The molecule has 0 saturated carbocycles. The number of nitrogens with two attached hydrogens (primary N) is 1. The number of aromatic nitrogens is 1. The topological polar surface area (TPSA) is 62.0 Å². The Balaban J connectivity index is 2.78. The number of hydrogen-bond donors (Lipinski definition) is 3. The predicted octanol–water partition coefficient (Wildman–Crippen LogP) is 0.785. The van der Waals surface area contributed by atoms with Crippen molar-refractivity contribution in [2.45, 2.75) is 25.5 Å². The molecule has 1 aromatic rings. The van der Waals surface area contributed by atoms with Crippen LogP contribution in [-0.4, -0.2) is 15.7 Å². The lowest BCUT2D eigenvalue weighted by Crippen LogP contribution is -2.35. The Hall–Kier alpha value is -0.800. The molecule has 0 aliphatic heterocycles. The molecule has 0 radical (unpaired) electrons. The first-order valence-electron chi connectivity index (χ1n) is 3.63. The van der Waals surface area contributed by atoms with Crippen LogP contribution in [-0.2, 0) is 0 Å². The molecule has 4 N–H and O–H groups in total. The van der Waals surface area contributed by atoms with E-state index in [2.05, 4.69) is 4.98 Å². The van der Waals surface area contributed by atoms with Gasteiger partial charge in [-0.2, -0.15) is 0 Å². The second-order valence-corrected chi connectivity index (χ2v) is 3.26. The fourth-order valence-corrected chi connectivity index (χ4v) is 0.918. The van der Waals surface area contributed by atoms with Gasteiger partial charge >= 0.3 is 0 Å². The standard InChI is InChI=1S/C8H14N2O/c1-8(2,11)7(9)6-4-3-5-10-6/h3-5,7,10-11H,9H2,1-2H3. The van der Waals surface area contributed by atoms with Gasteiger partial charge in [-0.15, -0.1) is 0 Å². The molecule has 0 fully saturated rings. The smallest absolute Gasteiger partial charge is 0.0798 e. The van der Waals surface area contributed by atoms with Gasteiger partial charge < -0.3 is 15.8 Å². The fourth-order valence-electron chi connectivity index (χ4n) is 0.918. The van der Waals surface area contributed by atoms with Crippen molar-refractivity contribution in [1.29, 1.82) is 0 Å². The van der Waals surface area contributed by atoms with Crippen molar-refractivity contribution in [2.24, 2.45) is 5.73 Å². The van der Waals surface area contributed by atoms with Crippen LogP contribution in [0.5, 0.6) is 0 Å². The minimum atomic E-state index is -0.870. The highest BCUT2D eigenvalue weighted by Crippen LogP contribution is 2.20. The second kappa shape index (κ2) is 2.68. The molecule has 0 aromatic carbocycles. The zero-order chi connectivity index (χ0) is 8.48. The third-order valence-corrected chi connectivity index (χ3v) is 1.72. The molecule has 0 aliphatic carbocycles. The van der Waals surface area contributed by atoms with Crippen molar-refractivity contribution in [1.82, 2.24) is 4.98 Å². The maximum atomic E-state index is 9.51. The lowest BCUT2D eigenvalue weighted by atomic mass is 9.97. The van der Waals surface area contributed by atoms with Crippen molar-refractivity contribution in [3.05, 3.63) is 24.0 Å². The van der Waals surface area contributed by atoms with Gasteiger partial charge in [0.1, 0.15) is 0 Å². The molecule has 11 heavy (non-hydrogen) atoms. The summed E-state index contributed by atoms with van der Waals surface area (Å²) in [5.74, 6) is 0. The zero-order valence-electron chi connectivity index (χ0n) is 6.83. The number of aliphatic hydroxyl groups is 1. The summed E-state index contributed by atoms with van der Waals surface area (Å²) in [6.45, 7) is 3.39. The highest BCUT2D eigenvalue weighted by Gasteiger charge is 2.24. The van der Waals surface area contributed by atoms with E-state index in [0.717, 1.165) is 5.69 Å². The Bertz CT molecular complexity index is 210.